The van der Waals surface area contributed by atoms with Gasteiger partial charge < -0.3 is 5.11 Å². The molecule has 0 rings (SSSR count). The lowest BCUT2D eigenvalue weighted by Crippen LogP contribution is -2.51. The van der Waals surface area contributed by atoms with Crippen LogP contribution >= 0.6 is 95.6 Å². The third kappa shape index (κ3) is 4.69. The first kappa shape index (κ1) is 19.4. The van der Waals surface area contributed by atoms with E-state index in [0.29, 0.717) is 0 Å². The topological polar surface area (TPSA) is 37.3 Å². The predicted molar refractivity (Wildman–Crippen MR) is 93.5 cm³/mol. The molecule has 0 saturated heterocycles. The molecule has 0 heterocycles. The lowest BCUT2D eigenvalue weighted by atomic mass is 10.1. The summed E-state index contributed by atoms with van der Waals surface area (Å²) in [4.78, 5) is 11.2. The SMILES string of the molecule is CCCCCC(Br)(Br)C(Br)(Br)C(Br)(Br)C(=O)O. The van der Waals surface area contributed by atoms with Crippen molar-refractivity contribution < 1.29 is 9.90 Å². The molecule has 102 valence electrons. The lowest BCUT2D eigenvalue weighted by molar-refractivity contribution is -0.137. The average Bonchev–Trinajstić information content (AvgIpc) is 2.17. The fourth-order valence-electron chi connectivity index (χ4n) is 1.12. The molecule has 0 aromatic heterocycles. The van der Waals surface area contributed by atoms with Gasteiger partial charge in [0, 0.05) is 0 Å². The molecule has 0 aliphatic carbocycles. The quantitative estimate of drug-likeness (QED) is 0.272. The molecule has 8 heteroatoms. The van der Waals surface area contributed by atoms with Gasteiger partial charge in [-0.1, -0.05) is 122 Å². The van der Waals surface area contributed by atoms with Crippen LogP contribution in [-0.4, -0.2) is 20.8 Å². The minimum absolute atomic E-state index is 0.604. The molecule has 0 fully saturated rings. The number of unbranched alkanes of at least 4 members (excludes halogenated alkanes) is 2. The molecule has 0 amide bonds. The number of carboxylic acids is 1. The van der Waals surface area contributed by atoms with Crippen molar-refractivity contribution >= 4 is 102 Å². The van der Waals surface area contributed by atoms with Crippen molar-refractivity contribution in [3.8, 4) is 0 Å². The largest absolute Gasteiger partial charge is 0.480 e. The molecule has 0 unspecified atom stereocenters. The van der Waals surface area contributed by atoms with E-state index in [4.69, 9.17) is 0 Å². The van der Waals surface area contributed by atoms with Gasteiger partial charge in [0.2, 0.25) is 3.23 Å². The Bertz CT molecular complexity index is 277. The van der Waals surface area contributed by atoms with Gasteiger partial charge in [-0.2, -0.15) is 0 Å². The fourth-order valence-corrected chi connectivity index (χ4v) is 4.75. The zero-order valence-corrected chi connectivity index (χ0v) is 18.5. The molecule has 0 aliphatic heterocycles. The van der Waals surface area contributed by atoms with E-state index in [-0.39, 0.29) is 0 Å². The number of rotatable bonds is 7. The molecule has 0 aliphatic rings. The lowest BCUT2D eigenvalue weighted by Gasteiger charge is -2.41. The Kier molecular flexibility index (Phi) is 8.41. The number of halogens is 6. The second-order valence-corrected chi connectivity index (χ2v) is 14.3. The first-order valence-corrected chi connectivity index (χ1v) is 9.63. The van der Waals surface area contributed by atoms with Crippen molar-refractivity contribution in [2.45, 2.75) is 42.3 Å². The van der Waals surface area contributed by atoms with Crippen LogP contribution in [-0.2, 0) is 4.79 Å². The maximum atomic E-state index is 11.2. The van der Waals surface area contributed by atoms with E-state index in [1.54, 1.807) is 0 Å². The molecule has 0 radical (unpaired) electrons. The molecule has 0 bridgehead atoms. The second kappa shape index (κ2) is 7.38. The summed E-state index contributed by atoms with van der Waals surface area (Å²) < 4.78 is -2.89. The van der Waals surface area contributed by atoms with Crippen LogP contribution in [0.1, 0.15) is 32.6 Å². The van der Waals surface area contributed by atoms with Gasteiger partial charge in [0.1, 0.15) is 6.47 Å². The summed E-state index contributed by atoms with van der Waals surface area (Å²) in [5.41, 5.74) is 0. The van der Waals surface area contributed by atoms with Gasteiger partial charge >= 0.3 is 5.97 Å². The normalized spacial score (nSPS) is 13.8. The molecule has 0 spiro atoms. The molecule has 1 N–H and O–H groups in total. The van der Waals surface area contributed by atoms with Gasteiger partial charge in [-0.25, -0.2) is 4.79 Å². The first-order valence-electron chi connectivity index (χ1n) is 4.87. The molecular formula is C9H12Br6O2. The van der Waals surface area contributed by atoms with Crippen molar-refractivity contribution in [1.82, 2.24) is 0 Å². The van der Waals surface area contributed by atoms with Gasteiger partial charge in [0.05, 0.1) is 0 Å². The average molecular weight is 632 g/mol. The number of hydrogen-bond donors (Lipinski definition) is 1. The Labute approximate surface area is 152 Å². The van der Waals surface area contributed by atoms with Crippen LogP contribution in [0.4, 0.5) is 0 Å². The molecular weight excluding hydrogens is 620 g/mol. The van der Waals surface area contributed by atoms with E-state index in [1.807, 2.05) is 0 Å². The molecule has 17 heavy (non-hydrogen) atoms. The van der Waals surface area contributed by atoms with Crippen LogP contribution in [0.3, 0.4) is 0 Å². The highest BCUT2D eigenvalue weighted by atomic mass is 79.9. The van der Waals surface area contributed by atoms with Crippen molar-refractivity contribution in [2.24, 2.45) is 0 Å². The summed E-state index contributed by atoms with van der Waals surface area (Å²) in [6.45, 7) is 2.12. The third-order valence-electron chi connectivity index (χ3n) is 2.22. The standard InChI is InChI=1S/C9H12Br6O2/c1-2-3-4-5-7(10,11)9(14,15)8(12,13)6(16)17/h2-5H2,1H3,(H,16,17). The van der Waals surface area contributed by atoms with Gasteiger partial charge in [-0.15, -0.1) is 0 Å². The Balaban J connectivity index is 4.95. The van der Waals surface area contributed by atoms with Crippen molar-refractivity contribution in [3.63, 3.8) is 0 Å². The maximum Gasteiger partial charge on any atom is 0.333 e. The minimum atomic E-state index is -1.34. The number of alkyl halides is 6. The van der Waals surface area contributed by atoms with Crippen LogP contribution in [0, 0.1) is 0 Å². The van der Waals surface area contributed by atoms with Crippen LogP contribution < -0.4 is 0 Å². The number of aliphatic carboxylic acids is 1. The molecule has 0 aromatic carbocycles. The van der Waals surface area contributed by atoms with Crippen LogP contribution in [0.25, 0.3) is 0 Å². The smallest absolute Gasteiger partial charge is 0.333 e. The van der Waals surface area contributed by atoms with Gasteiger partial charge in [-0.3, -0.25) is 0 Å². The second-order valence-electron chi connectivity index (χ2n) is 3.62. The predicted octanol–water partition coefficient (Wildman–Crippen LogP) is 6.11. The zero-order valence-electron chi connectivity index (χ0n) is 8.95. The van der Waals surface area contributed by atoms with Gasteiger partial charge in [0.25, 0.3) is 0 Å². The van der Waals surface area contributed by atoms with Crippen molar-refractivity contribution in [3.05, 3.63) is 0 Å². The maximum absolute atomic E-state index is 11.2. The summed E-state index contributed by atoms with van der Waals surface area (Å²) in [5, 5.41) is 9.22. The van der Waals surface area contributed by atoms with E-state index in [0.717, 1.165) is 25.7 Å². The molecule has 0 aromatic rings. The molecule has 0 atom stereocenters. The highest BCUT2D eigenvalue weighted by Crippen LogP contribution is 2.61. The summed E-state index contributed by atoms with van der Waals surface area (Å²) >= 11 is 20.3. The Morgan fingerprint density at radius 2 is 1.53 bits per heavy atom. The van der Waals surface area contributed by atoms with Crippen molar-refractivity contribution in [1.29, 1.82) is 0 Å². The Morgan fingerprint density at radius 1 is 1.06 bits per heavy atom. The van der Waals surface area contributed by atoms with E-state index < -0.39 is 15.7 Å². The van der Waals surface area contributed by atoms with E-state index in [9.17, 15) is 9.90 Å². The van der Waals surface area contributed by atoms with Crippen LogP contribution in [0.5, 0.6) is 0 Å². The van der Waals surface area contributed by atoms with Crippen LogP contribution in [0.2, 0.25) is 0 Å². The number of carbonyl (C=O) groups is 1. The van der Waals surface area contributed by atoms with Crippen molar-refractivity contribution in [2.75, 3.05) is 0 Å². The summed E-state index contributed by atoms with van der Waals surface area (Å²) in [5.74, 6) is -1.02. The highest BCUT2D eigenvalue weighted by Gasteiger charge is 2.61. The number of carboxylic acid groups (broad SMARTS) is 1. The van der Waals surface area contributed by atoms with E-state index in [1.165, 1.54) is 0 Å². The number of hydrogen-bond acceptors (Lipinski definition) is 1. The molecule has 2 nitrogen and oxygen atoms in total. The minimum Gasteiger partial charge on any atom is -0.480 e. The summed E-state index contributed by atoms with van der Waals surface area (Å²) in [6, 6.07) is 0. The Hall–Kier alpha value is 2.35. The van der Waals surface area contributed by atoms with E-state index >= 15 is 0 Å². The fraction of sp³-hybridized carbons (Fsp3) is 0.889. The van der Waals surface area contributed by atoms with E-state index in [2.05, 4.69) is 103 Å². The third-order valence-corrected chi connectivity index (χ3v) is 12.9. The summed E-state index contributed by atoms with van der Waals surface area (Å²) in [6.07, 6.45) is 3.96. The van der Waals surface area contributed by atoms with Gasteiger partial charge in [-0.05, 0) is 6.42 Å². The monoisotopic (exact) mass is 626 g/mol. The Morgan fingerprint density at radius 3 is 1.88 bits per heavy atom. The van der Waals surface area contributed by atoms with Gasteiger partial charge in [0.15, 0.2) is 0 Å². The zero-order chi connectivity index (χ0) is 13.9. The summed E-state index contributed by atoms with van der Waals surface area (Å²) in [7, 11) is 0. The van der Waals surface area contributed by atoms with Crippen LogP contribution in [0.15, 0.2) is 0 Å². The first-order chi connectivity index (χ1) is 7.50. The molecule has 0 saturated carbocycles. The highest BCUT2D eigenvalue weighted by molar-refractivity contribution is 9.33.